The van der Waals surface area contributed by atoms with Crippen LogP contribution in [0, 0.1) is 0 Å². The SMILES string of the molecule is COc1c(C2=C[N+](C)=C2)cnc2ccc(Sc3nnc4ccc(-c5cnn(C)c5)cn34)cc12. The zero-order chi connectivity index (χ0) is 22.5. The van der Waals surface area contributed by atoms with E-state index < -0.39 is 0 Å². The third-order valence-electron chi connectivity index (χ3n) is 5.61. The number of ether oxygens (including phenoxy) is 1. The number of nitrogens with zero attached hydrogens (tertiary/aromatic N) is 7. The lowest BCUT2D eigenvalue weighted by molar-refractivity contribution is -0.423. The summed E-state index contributed by atoms with van der Waals surface area (Å²) in [5, 5.41) is 14.8. The fourth-order valence-corrected chi connectivity index (χ4v) is 4.84. The van der Waals surface area contributed by atoms with Crippen molar-refractivity contribution in [3.05, 3.63) is 66.9 Å². The number of fused-ring (bicyclic) bond motifs is 2. The van der Waals surface area contributed by atoms with Crippen LogP contribution in [0.2, 0.25) is 0 Å². The molecule has 0 saturated heterocycles. The Balaban J connectivity index is 1.39. The van der Waals surface area contributed by atoms with Gasteiger partial charge in [0.25, 0.3) is 0 Å². The van der Waals surface area contributed by atoms with Gasteiger partial charge in [-0.15, -0.1) is 10.2 Å². The van der Waals surface area contributed by atoms with Crippen LogP contribution in [0.4, 0.5) is 0 Å². The van der Waals surface area contributed by atoms with Crippen molar-refractivity contribution in [2.45, 2.75) is 10.1 Å². The second kappa shape index (κ2) is 7.56. The van der Waals surface area contributed by atoms with E-state index in [-0.39, 0.29) is 0 Å². The summed E-state index contributed by atoms with van der Waals surface area (Å²) >= 11 is 1.56. The molecule has 1 aliphatic heterocycles. The molecule has 0 spiro atoms. The lowest BCUT2D eigenvalue weighted by atomic mass is 10.0. The van der Waals surface area contributed by atoms with Gasteiger partial charge in [-0.25, -0.2) is 4.58 Å². The van der Waals surface area contributed by atoms with E-state index in [9.17, 15) is 0 Å². The Kier molecular flexibility index (Phi) is 4.51. The van der Waals surface area contributed by atoms with Crippen LogP contribution in [0.25, 0.3) is 33.3 Å². The molecule has 0 unspecified atom stereocenters. The molecule has 5 heterocycles. The van der Waals surface area contributed by atoms with Crippen LogP contribution in [-0.4, -0.2) is 54.3 Å². The van der Waals surface area contributed by atoms with Gasteiger partial charge in [-0.3, -0.25) is 14.1 Å². The number of benzene rings is 1. The standard InChI is InChI=1S/C24H20N7OS/c1-29-11-17(12-29)20-10-25-21-6-5-18(8-19(21)23(20)32-3)33-24-28-27-22-7-4-15(14-31(22)24)16-9-26-30(2)13-16/h4-14H,1-3H3/q+1. The van der Waals surface area contributed by atoms with Gasteiger partial charge in [0.1, 0.15) is 18.4 Å². The van der Waals surface area contributed by atoms with Crippen molar-refractivity contribution in [3.8, 4) is 16.9 Å². The number of rotatable bonds is 5. The van der Waals surface area contributed by atoms with E-state index in [1.54, 1.807) is 23.6 Å². The minimum Gasteiger partial charge on any atom is -0.495 e. The van der Waals surface area contributed by atoms with Crippen LogP contribution in [0.1, 0.15) is 5.56 Å². The Hall–Kier alpha value is -3.98. The minimum absolute atomic E-state index is 0.787. The Bertz CT molecular complexity index is 1610. The van der Waals surface area contributed by atoms with Crippen molar-refractivity contribution >= 4 is 40.1 Å². The zero-order valence-corrected chi connectivity index (χ0v) is 19.1. The largest absolute Gasteiger partial charge is 0.495 e. The van der Waals surface area contributed by atoms with Gasteiger partial charge in [0.2, 0.25) is 0 Å². The van der Waals surface area contributed by atoms with E-state index in [0.717, 1.165) is 54.6 Å². The molecule has 0 saturated carbocycles. The normalized spacial score (nSPS) is 13.2. The second-order valence-electron chi connectivity index (χ2n) is 7.90. The van der Waals surface area contributed by atoms with Crippen molar-refractivity contribution in [2.24, 2.45) is 7.05 Å². The molecule has 0 bridgehead atoms. The van der Waals surface area contributed by atoms with Crippen LogP contribution in [-0.2, 0) is 7.05 Å². The summed E-state index contributed by atoms with van der Waals surface area (Å²) in [5.41, 5.74) is 5.88. The first kappa shape index (κ1) is 19.7. The van der Waals surface area contributed by atoms with Gasteiger partial charge >= 0.3 is 0 Å². The maximum Gasteiger partial charge on any atom is 0.200 e. The molecule has 1 aliphatic rings. The predicted octanol–water partition coefficient (Wildman–Crippen LogP) is 3.91. The molecule has 0 atom stereocenters. The number of aryl methyl sites for hydroxylation is 1. The molecule has 1 aromatic carbocycles. The molecule has 0 radical (unpaired) electrons. The van der Waals surface area contributed by atoms with Crippen LogP contribution in [0.15, 0.2) is 71.4 Å². The number of pyridine rings is 2. The molecule has 162 valence electrons. The Morgan fingerprint density at radius 1 is 1.03 bits per heavy atom. The van der Waals surface area contributed by atoms with Crippen LogP contribution < -0.4 is 4.74 Å². The first-order valence-corrected chi connectivity index (χ1v) is 11.2. The molecular formula is C24H20N7OS+. The highest BCUT2D eigenvalue weighted by Crippen LogP contribution is 2.37. The minimum atomic E-state index is 0.787. The average Bonchev–Trinajstić information content (AvgIpc) is 3.42. The van der Waals surface area contributed by atoms with Gasteiger partial charge in [-0.1, -0.05) is 0 Å². The highest BCUT2D eigenvalue weighted by Gasteiger charge is 2.21. The fourth-order valence-electron chi connectivity index (χ4n) is 3.99. The van der Waals surface area contributed by atoms with Crippen molar-refractivity contribution in [2.75, 3.05) is 14.2 Å². The van der Waals surface area contributed by atoms with Crippen LogP contribution in [0.5, 0.6) is 5.75 Å². The first-order chi connectivity index (χ1) is 16.1. The summed E-state index contributed by atoms with van der Waals surface area (Å²) in [7, 11) is 5.61. The summed E-state index contributed by atoms with van der Waals surface area (Å²) in [5.74, 6) is 0.822. The molecule has 0 fully saturated rings. The Morgan fingerprint density at radius 3 is 2.67 bits per heavy atom. The molecule has 0 amide bonds. The molecule has 8 nitrogen and oxygen atoms in total. The Morgan fingerprint density at radius 2 is 1.91 bits per heavy atom. The maximum absolute atomic E-state index is 5.81. The summed E-state index contributed by atoms with van der Waals surface area (Å²) in [6.07, 6.45) is 11.9. The van der Waals surface area contributed by atoms with Gasteiger partial charge in [0.15, 0.2) is 23.2 Å². The molecular weight excluding hydrogens is 434 g/mol. The van der Waals surface area contributed by atoms with Crippen LogP contribution in [0.3, 0.4) is 0 Å². The van der Waals surface area contributed by atoms with E-state index in [1.807, 2.05) is 72.1 Å². The lowest BCUT2D eigenvalue weighted by Crippen LogP contribution is -2.12. The van der Waals surface area contributed by atoms with E-state index >= 15 is 0 Å². The van der Waals surface area contributed by atoms with Gasteiger partial charge in [0.05, 0.1) is 24.4 Å². The number of methoxy groups -OCH3 is 1. The third kappa shape index (κ3) is 3.37. The molecule has 0 N–H and O–H groups in total. The van der Waals surface area contributed by atoms with Crippen molar-refractivity contribution in [3.63, 3.8) is 0 Å². The van der Waals surface area contributed by atoms with E-state index in [4.69, 9.17) is 4.74 Å². The van der Waals surface area contributed by atoms with Gasteiger partial charge in [0, 0.05) is 47.0 Å². The smallest absolute Gasteiger partial charge is 0.200 e. The molecule has 9 heteroatoms. The van der Waals surface area contributed by atoms with Crippen LogP contribution >= 0.6 is 11.8 Å². The van der Waals surface area contributed by atoms with Gasteiger partial charge in [-0.05, 0) is 42.1 Å². The molecule has 33 heavy (non-hydrogen) atoms. The number of hydrogen-bond acceptors (Lipinski definition) is 6. The van der Waals surface area contributed by atoms with Crippen molar-refractivity contribution in [1.29, 1.82) is 0 Å². The van der Waals surface area contributed by atoms with Crippen molar-refractivity contribution < 1.29 is 9.31 Å². The molecule has 6 rings (SSSR count). The fraction of sp³-hybridized carbons (Fsp3) is 0.125. The van der Waals surface area contributed by atoms with E-state index in [2.05, 4.69) is 38.8 Å². The monoisotopic (exact) mass is 454 g/mol. The maximum atomic E-state index is 5.81. The number of allylic oxidation sites excluding steroid dienone is 1. The summed E-state index contributed by atoms with van der Waals surface area (Å²) < 4.78 is 11.6. The number of hydrogen-bond donors (Lipinski definition) is 0. The average molecular weight is 455 g/mol. The predicted molar refractivity (Wildman–Crippen MR) is 128 cm³/mol. The quantitative estimate of drug-likeness (QED) is 0.375. The molecule has 4 aromatic heterocycles. The summed E-state index contributed by atoms with van der Waals surface area (Å²) in [4.78, 5) is 5.68. The lowest BCUT2D eigenvalue weighted by Gasteiger charge is -2.13. The topological polar surface area (TPSA) is 73.1 Å². The molecule has 0 aliphatic carbocycles. The Labute approximate surface area is 193 Å². The third-order valence-corrected chi connectivity index (χ3v) is 6.56. The molecule has 5 aromatic rings. The van der Waals surface area contributed by atoms with Gasteiger partial charge < -0.3 is 4.74 Å². The van der Waals surface area contributed by atoms with E-state index in [0.29, 0.717) is 0 Å². The first-order valence-electron chi connectivity index (χ1n) is 10.4. The van der Waals surface area contributed by atoms with E-state index in [1.165, 1.54) is 0 Å². The highest BCUT2D eigenvalue weighted by molar-refractivity contribution is 7.99. The van der Waals surface area contributed by atoms with Gasteiger partial charge in [-0.2, -0.15) is 5.10 Å². The summed E-state index contributed by atoms with van der Waals surface area (Å²) in [6.45, 7) is 0. The highest BCUT2D eigenvalue weighted by atomic mass is 32.2. The number of aromatic nitrogens is 6. The summed E-state index contributed by atoms with van der Waals surface area (Å²) in [6, 6.07) is 10.2. The second-order valence-corrected chi connectivity index (χ2v) is 8.94. The van der Waals surface area contributed by atoms with Crippen molar-refractivity contribution in [1.82, 2.24) is 29.4 Å². The zero-order valence-electron chi connectivity index (χ0n) is 18.3.